The molecule has 0 fully saturated rings. The Balaban J connectivity index is 1.74. The van der Waals surface area contributed by atoms with Gasteiger partial charge in [-0.25, -0.2) is 9.37 Å². The second kappa shape index (κ2) is 6.60. The van der Waals surface area contributed by atoms with Crippen LogP contribution in [0.25, 0.3) is 10.6 Å². The number of nitrogens with zero attached hydrogens (tertiary/aromatic N) is 1. The zero-order chi connectivity index (χ0) is 16.4. The number of hydrogen-bond acceptors (Lipinski definition) is 4. The molecule has 3 rings (SSSR count). The van der Waals surface area contributed by atoms with Crippen LogP contribution in [0.1, 0.15) is 21.8 Å². The average Bonchev–Trinajstić information content (AvgIpc) is 3.14. The summed E-state index contributed by atoms with van der Waals surface area (Å²) >= 11 is 1.30. The molecule has 2 aromatic rings. The second-order valence-electron chi connectivity index (χ2n) is 5.58. The predicted octanol–water partition coefficient (Wildman–Crippen LogP) is 2.92. The number of carbonyl (C=O) groups excluding carboxylic acids is 1. The van der Waals surface area contributed by atoms with Crippen molar-refractivity contribution in [2.75, 3.05) is 6.61 Å². The van der Waals surface area contributed by atoms with E-state index in [0.717, 1.165) is 5.56 Å². The van der Waals surface area contributed by atoms with Crippen LogP contribution < -0.4 is 5.32 Å². The summed E-state index contributed by atoms with van der Waals surface area (Å²) < 4.78 is 13.0. The normalized spacial score (nSPS) is 20.0. The van der Waals surface area contributed by atoms with Gasteiger partial charge in [-0.15, -0.1) is 11.3 Å². The van der Waals surface area contributed by atoms with E-state index in [0.29, 0.717) is 22.0 Å². The number of aliphatic hydroxyl groups is 1. The van der Waals surface area contributed by atoms with Gasteiger partial charge in [0.15, 0.2) is 0 Å². The van der Waals surface area contributed by atoms with Gasteiger partial charge >= 0.3 is 0 Å². The Morgan fingerprint density at radius 3 is 2.78 bits per heavy atom. The third-order valence-corrected chi connectivity index (χ3v) is 5.02. The molecule has 1 amide bonds. The first-order chi connectivity index (χ1) is 11.1. The molecular formula is C17H17FN2O2S. The van der Waals surface area contributed by atoms with Gasteiger partial charge in [-0.1, -0.05) is 12.2 Å². The minimum Gasteiger partial charge on any atom is -0.396 e. The van der Waals surface area contributed by atoms with E-state index in [9.17, 15) is 9.18 Å². The first-order valence-electron chi connectivity index (χ1n) is 7.40. The van der Waals surface area contributed by atoms with Crippen molar-refractivity contribution in [3.8, 4) is 10.6 Å². The van der Waals surface area contributed by atoms with E-state index in [-0.39, 0.29) is 30.3 Å². The summed E-state index contributed by atoms with van der Waals surface area (Å²) in [4.78, 5) is 17.4. The minimum absolute atomic E-state index is 0.0598. The fourth-order valence-corrected chi connectivity index (χ4v) is 3.55. The second-order valence-corrected chi connectivity index (χ2v) is 6.58. The van der Waals surface area contributed by atoms with E-state index in [1.807, 2.05) is 12.2 Å². The monoisotopic (exact) mass is 332 g/mol. The Hall–Kier alpha value is -2.05. The summed E-state index contributed by atoms with van der Waals surface area (Å²) in [7, 11) is 0. The predicted molar refractivity (Wildman–Crippen MR) is 87.8 cm³/mol. The first kappa shape index (κ1) is 15.8. The largest absolute Gasteiger partial charge is 0.396 e. The van der Waals surface area contributed by atoms with Gasteiger partial charge < -0.3 is 10.4 Å². The minimum atomic E-state index is -0.300. The molecule has 0 aliphatic heterocycles. The third kappa shape index (κ3) is 3.48. The zero-order valence-corrected chi connectivity index (χ0v) is 13.4. The molecule has 0 unspecified atom stereocenters. The Morgan fingerprint density at radius 2 is 2.13 bits per heavy atom. The van der Waals surface area contributed by atoms with Crippen molar-refractivity contribution in [2.24, 2.45) is 5.92 Å². The standard InChI is InChI=1S/C17H17FN2O2S/c1-10-15(16(22)20-14-7-2-11(8-14)9-21)23-17(19-10)12-3-5-13(18)6-4-12/h2-7,11,14,21H,8-9H2,1H3,(H,20,22)/t11-,14+/m0/s1. The fraction of sp³-hybridized carbons (Fsp3) is 0.294. The maximum Gasteiger partial charge on any atom is 0.263 e. The van der Waals surface area contributed by atoms with E-state index >= 15 is 0 Å². The van der Waals surface area contributed by atoms with Gasteiger partial charge in [-0.05, 0) is 37.6 Å². The number of aryl methyl sites for hydroxylation is 1. The van der Waals surface area contributed by atoms with Crippen LogP contribution >= 0.6 is 11.3 Å². The molecule has 0 saturated heterocycles. The Bertz CT molecular complexity index is 740. The molecule has 0 spiro atoms. The number of benzene rings is 1. The van der Waals surface area contributed by atoms with Gasteiger partial charge in [-0.2, -0.15) is 0 Å². The summed E-state index contributed by atoms with van der Waals surface area (Å²) in [6, 6.07) is 6.01. The van der Waals surface area contributed by atoms with Crippen molar-refractivity contribution in [1.82, 2.24) is 10.3 Å². The quantitative estimate of drug-likeness (QED) is 0.846. The molecule has 6 heteroatoms. The molecule has 4 nitrogen and oxygen atoms in total. The maximum absolute atomic E-state index is 13.0. The fourth-order valence-electron chi connectivity index (χ4n) is 2.57. The number of amides is 1. The number of carbonyl (C=O) groups is 1. The highest BCUT2D eigenvalue weighted by atomic mass is 32.1. The van der Waals surface area contributed by atoms with E-state index in [2.05, 4.69) is 10.3 Å². The number of aliphatic hydroxyl groups excluding tert-OH is 1. The lowest BCUT2D eigenvalue weighted by molar-refractivity contribution is 0.0944. The van der Waals surface area contributed by atoms with E-state index in [4.69, 9.17) is 5.11 Å². The van der Waals surface area contributed by atoms with E-state index in [1.165, 1.54) is 23.5 Å². The molecular weight excluding hydrogens is 315 g/mol. The molecule has 120 valence electrons. The molecule has 2 N–H and O–H groups in total. The zero-order valence-electron chi connectivity index (χ0n) is 12.6. The van der Waals surface area contributed by atoms with E-state index in [1.54, 1.807) is 19.1 Å². The van der Waals surface area contributed by atoms with Crippen LogP contribution in [0.3, 0.4) is 0 Å². The Kier molecular flexibility index (Phi) is 4.54. The van der Waals surface area contributed by atoms with Gasteiger partial charge in [0.25, 0.3) is 5.91 Å². The average molecular weight is 332 g/mol. The molecule has 1 aromatic carbocycles. The molecule has 0 saturated carbocycles. The van der Waals surface area contributed by atoms with Crippen LogP contribution in [0.2, 0.25) is 0 Å². The van der Waals surface area contributed by atoms with Gasteiger partial charge in [0.05, 0.1) is 5.69 Å². The number of rotatable bonds is 4. The molecule has 1 aliphatic carbocycles. The van der Waals surface area contributed by atoms with Crippen molar-refractivity contribution < 1.29 is 14.3 Å². The van der Waals surface area contributed by atoms with Crippen LogP contribution in [0.4, 0.5) is 4.39 Å². The van der Waals surface area contributed by atoms with Crippen molar-refractivity contribution in [3.05, 3.63) is 52.8 Å². The van der Waals surface area contributed by atoms with Crippen LogP contribution in [-0.4, -0.2) is 28.6 Å². The lowest BCUT2D eigenvalue weighted by Crippen LogP contribution is -2.32. The van der Waals surface area contributed by atoms with Gasteiger partial charge in [-0.3, -0.25) is 4.79 Å². The van der Waals surface area contributed by atoms with Gasteiger partial charge in [0.1, 0.15) is 15.7 Å². The van der Waals surface area contributed by atoms with Gasteiger partial charge in [0.2, 0.25) is 0 Å². The molecule has 2 atom stereocenters. The Labute approximate surface area is 137 Å². The first-order valence-corrected chi connectivity index (χ1v) is 8.22. The van der Waals surface area contributed by atoms with E-state index < -0.39 is 0 Å². The SMILES string of the molecule is Cc1nc(-c2ccc(F)cc2)sc1C(=O)N[C@@H]1C=C[C@H](CO)C1. The lowest BCUT2D eigenvalue weighted by Gasteiger charge is -2.11. The molecule has 1 aliphatic rings. The number of hydrogen-bond donors (Lipinski definition) is 2. The molecule has 0 radical (unpaired) electrons. The summed E-state index contributed by atoms with van der Waals surface area (Å²) in [5, 5.41) is 12.8. The molecule has 1 heterocycles. The number of halogens is 1. The van der Waals surface area contributed by atoms with Crippen molar-refractivity contribution >= 4 is 17.2 Å². The van der Waals surface area contributed by atoms with Crippen LogP contribution in [0, 0.1) is 18.7 Å². The summed E-state index contributed by atoms with van der Waals surface area (Å²) in [5.74, 6) is -0.356. The molecule has 0 bridgehead atoms. The van der Waals surface area contributed by atoms with Gasteiger partial charge in [0, 0.05) is 24.1 Å². The molecule has 23 heavy (non-hydrogen) atoms. The highest BCUT2D eigenvalue weighted by molar-refractivity contribution is 7.17. The van der Waals surface area contributed by atoms with Crippen molar-refractivity contribution in [1.29, 1.82) is 0 Å². The number of nitrogens with one attached hydrogen (secondary N) is 1. The smallest absolute Gasteiger partial charge is 0.263 e. The third-order valence-electron chi connectivity index (χ3n) is 3.82. The highest BCUT2D eigenvalue weighted by Gasteiger charge is 2.23. The lowest BCUT2D eigenvalue weighted by atomic mass is 10.1. The molecule has 1 aromatic heterocycles. The highest BCUT2D eigenvalue weighted by Crippen LogP contribution is 2.28. The topological polar surface area (TPSA) is 62.2 Å². The van der Waals surface area contributed by atoms with Crippen LogP contribution in [0.15, 0.2) is 36.4 Å². The van der Waals surface area contributed by atoms with Crippen molar-refractivity contribution in [3.63, 3.8) is 0 Å². The number of aromatic nitrogens is 1. The van der Waals surface area contributed by atoms with Crippen molar-refractivity contribution in [2.45, 2.75) is 19.4 Å². The van der Waals surface area contributed by atoms with Crippen LogP contribution in [0.5, 0.6) is 0 Å². The summed E-state index contributed by atoms with van der Waals surface area (Å²) in [5.41, 5.74) is 1.45. The number of thiazole rings is 1. The maximum atomic E-state index is 13.0. The summed E-state index contributed by atoms with van der Waals surface area (Å²) in [6.45, 7) is 1.89. The summed E-state index contributed by atoms with van der Waals surface area (Å²) in [6.07, 6.45) is 4.55. The van der Waals surface area contributed by atoms with Crippen LogP contribution in [-0.2, 0) is 0 Å². The Morgan fingerprint density at radius 1 is 1.39 bits per heavy atom.